The fraction of sp³-hybridized carbons (Fsp3) is 0.0400. The molecule has 0 atom stereocenters. The van der Waals surface area contributed by atoms with E-state index in [2.05, 4.69) is 5.32 Å². The fourth-order valence-electron chi connectivity index (χ4n) is 3.45. The summed E-state index contributed by atoms with van der Waals surface area (Å²) < 4.78 is 34.8. The van der Waals surface area contributed by atoms with Gasteiger partial charge in [-0.15, -0.1) is 6.42 Å². The molecule has 32 heavy (non-hydrogen) atoms. The molecule has 0 bridgehead atoms. The van der Waals surface area contributed by atoms with E-state index in [1.807, 2.05) is 5.92 Å². The number of ether oxygens (including phenoxy) is 1. The van der Waals surface area contributed by atoms with Crippen molar-refractivity contribution in [1.82, 2.24) is 4.57 Å². The fourth-order valence-corrected chi connectivity index (χ4v) is 3.45. The lowest BCUT2D eigenvalue weighted by molar-refractivity contribution is -0.111. The zero-order chi connectivity index (χ0) is 22.8. The van der Waals surface area contributed by atoms with Gasteiger partial charge in [0.25, 0.3) is 11.5 Å². The molecule has 4 aromatic rings. The van der Waals surface area contributed by atoms with Crippen LogP contribution in [0.3, 0.4) is 0 Å². The van der Waals surface area contributed by atoms with Gasteiger partial charge in [0.05, 0.1) is 11.3 Å². The molecule has 0 spiro atoms. The second kappa shape index (κ2) is 8.36. The Labute approximate surface area is 181 Å². The molecule has 0 fully saturated rings. The molecule has 1 heterocycles. The van der Waals surface area contributed by atoms with Gasteiger partial charge in [-0.2, -0.15) is 0 Å². The van der Waals surface area contributed by atoms with Crippen LogP contribution < -0.4 is 15.6 Å². The number of nitrogens with one attached hydrogen (secondary N) is 1. The van der Waals surface area contributed by atoms with Crippen molar-refractivity contribution in [2.24, 2.45) is 7.05 Å². The zero-order valence-electron chi connectivity index (χ0n) is 16.9. The summed E-state index contributed by atoms with van der Waals surface area (Å²) in [4.78, 5) is 24.6. The highest BCUT2D eigenvalue weighted by Crippen LogP contribution is 2.42. The van der Waals surface area contributed by atoms with Crippen LogP contribution in [0.25, 0.3) is 21.9 Å². The summed E-state index contributed by atoms with van der Waals surface area (Å²) >= 11 is 0. The first-order chi connectivity index (χ1) is 15.4. The lowest BCUT2D eigenvalue weighted by atomic mass is 9.98. The number of nitrogens with zero attached hydrogens (tertiary/aromatic N) is 1. The van der Waals surface area contributed by atoms with Gasteiger partial charge < -0.3 is 14.6 Å². The number of hydrogen-bond donors (Lipinski definition) is 1. The summed E-state index contributed by atoms with van der Waals surface area (Å²) in [6, 6.07) is 14.7. The standard InChI is InChI=1S/C25H16F2N2O3/c1-3-23(30)28-20-9-6-10-22(32-21-12-11-15(26)13-19(21)27)24(20)18-14-29(2)25(31)17-8-5-4-7-16(17)18/h1,4-14H,2H3,(H,28,30). The van der Waals surface area contributed by atoms with E-state index in [4.69, 9.17) is 11.2 Å². The molecule has 0 saturated carbocycles. The van der Waals surface area contributed by atoms with Crippen LogP contribution in [-0.2, 0) is 11.8 Å². The van der Waals surface area contributed by atoms with Crippen LogP contribution >= 0.6 is 0 Å². The van der Waals surface area contributed by atoms with E-state index in [1.165, 1.54) is 10.6 Å². The van der Waals surface area contributed by atoms with Crippen molar-refractivity contribution in [2.45, 2.75) is 0 Å². The number of halogens is 2. The Bertz CT molecular complexity index is 1470. The first-order valence-corrected chi connectivity index (χ1v) is 9.51. The summed E-state index contributed by atoms with van der Waals surface area (Å²) in [6.07, 6.45) is 6.81. The Morgan fingerprint density at radius 2 is 1.78 bits per heavy atom. The highest BCUT2D eigenvalue weighted by molar-refractivity contribution is 6.08. The molecule has 5 nitrogen and oxygen atoms in total. The minimum Gasteiger partial charge on any atom is -0.454 e. The molecule has 158 valence electrons. The van der Waals surface area contributed by atoms with Gasteiger partial charge >= 0.3 is 0 Å². The van der Waals surface area contributed by atoms with Crippen molar-refractivity contribution in [3.8, 4) is 35.0 Å². The molecule has 1 N–H and O–H groups in total. The number of benzene rings is 3. The van der Waals surface area contributed by atoms with Crippen molar-refractivity contribution in [3.63, 3.8) is 0 Å². The van der Waals surface area contributed by atoms with Gasteiger partial charge in [-0.1, -0.05) is 24.3 Å². The predicted molar refractivity (Wildman–Crippen MR) is 119 cm³/mol. The number of pyridine rings is 1. The Morgan fingerprint density at radius 1 is 1.03 bits per heavy atom. The van der Waals surface area contributed by atoms with E-state index in [-0.39, 0.29) is 17.1 Å². The number of amides is 1. The third kappa shape index (κ3) is 3.82. The molecule has 3 aromatic carbocycles. The van der Waals surface area contributed by atoms with Crippen molar-refractivity contribution in [3.05, 3.63) is 88.8 Å². The summed E-state index contributed by atoms with van der Waals surface area (Å²) in [5.74, 6) is -0.365. The van der Waals surface area contributed by atoms with Crippen LogP contribution in [0.2, 0.25) is 0 Å². The topological polar surface area (TPSA) is 60.3 Å². The largest absolute Gasteiger partial charge is 0.454 e. The molecular formula is C25H16F2N2O3. The smallest absolute Gasteiger partial charge is 0.300 e. The minimum absolute atomic E-state index is 0.175. The van der Waals surface area contributed by atoms with Crippen LogP contribution in [0.5, 0.6) is 11.5 Å². The number of aryl methyl sites for hydroxylation is 1. The Kier molecular flexibility index (Phi) is 5.44. The third-order valence-electron chi connectivity index (χ3n) is 4.88. The van der Waals surface area contributed by atoms with Crippen molar-refractivity contribution < 1.29 is 18.3 Å². The van der Waals surface area contributed by atoms with Gasteiger partial charge in [0.15, 0.2) is 11.6 Å². The van der Waals surface area contributed by atoms with Crippen LogP contribution in [-0.4, -0.2) is 10.5 Å². The molecule has 7 heteroatoms. The van der Waals surface area contributed by atoms with Gasteiger partial charge in [-0.3, -0.25) is 9.59 Å². The molecule has 0 radical (unpaired) electrons. The van der Waals surface area contributed by atoms with Gasteiger partial charge in [-0.25, -0.2) is 8.78 Å². The van der Waals surface area contributed by atoms with E-state index in [1.54, 1.807) is 55.7 Å². The minimum atomic E-state index is -0.890. The third-order valence-corrected chi connectivity index (χ3v) is 4.88. The molecule has 4 rings (SSSR count). The number of carbonyl (C=O) groups excluding carboxylic acids is 1. The molecular weight excluding hydrogens is 414 g/mol. The Balaban J connectivity index is 2.01. The Hall–Kier alpha value is -4.44. The second-order valence-corrected chi connectivity index (χ2v) is 6.96. The second-order valence-electron chi connectivity index (χ2n) is 6.96. The maximum Gasteiger partial charge on any atom is 0.300 e. The summed E-state index contributed by atoms with van der Waals surface area (Å²) in [7, 11) is 1.60. The van der Waals surface area contributed by atoms with Crippen LogP contribution in [0.4, 0.5) is 14.5 Å². The molecule has 1 amide bonds. The average molecular weight is 430 g/mol. The number of carbonyl (C=O) groups is 1. The van der Waals surface area contributed by atoms with Gasteiger partial charge in [0.2, 0.25) is 0 Å². The SMILES string of the molecule is C#CC(=O)Nc1cccc(Oc2ccc(F)cc2F)c1-c1cn(C)c(=O)c2ccccc12. The normalized spacial score (nSPS) is 10.6. The van der Waals surface area contributed by atoms with Crippen molar-refractivity contribution in [1.29, 1.82) is 0 Å². The van der Waals surface area contributed by atoms with Gasteiger partial charge in [0.1, 0.15) is 11.6 Å². The number of aromatic nitrogens is 1. The van der Waals surface area contributed by atoms with Crippen molar-refractivity contribution in [2.75, 3.05) is 5.32 Å². The lowest BCUT2D eigenvalue weighted by Crippen LogP contribution is -2.17. The number of terminal acetylenes is 1. The Morgan fingerprint density at radius 3 is 2.50 bits per heavy atom. The lowest BCUT2D eigenvalue weighted by Gasteiger charge is -2.18. The van der Waals surface area contributed by atoms with Crippen LogP contribution in [0.1, 0.15) is 0 Å². The highest BCUT2D eigenvalue weighted by atomic mass is 19.1. The number of rotatable bonds is 4. The van der Waals surface area contributed by atoms with E-state index in [0.29, 0.717) is 33.7 Å². The number of hydrogen-bond acceptors (Lipinski definition) is 3. The van der Waals surface area contributed by atoms with Crippen LogP contribution in [0, 0.1) is 24.0 Å². The predicted octanol–water partition coefficient (Wildman–Crippen LogP) is 4.85. The molecule has 0 aliphatic heterocycles. The van der Waals surface area contributed by atoms with Gasteiger partial charge in [-0.05, 0) is 41.6 Å². The van der Waals surface area contributed by atoms with Crippen LogP contribution in [0.15, 0.2) is 71.7 Å². The molecule has 0 unspecified atom stereocenters. The summed E-state index contributed by atoms with van der Waals surface area (Å²) in [5, 5.41) is 3.66. The van der Waals surface area contributed by atoms with E-state index in [9.17, 15) is 18.4 Å². The highest BCUT2D eigenvalue weighted by Gasteiger charge is 2.19. The van der Waals surface area contributed by atoms with Gasteiger partial charge in [0, 0.05) is 30.3 Å². The first kappa shape index (κ1) is 20.8. The number of anilines is 1. The first-order valence-electron chi connectivity index (χ1n) is 9.51. The molecule has 0 aliphatic rings. The van der Waals surface area contributed by atoms with E-state index >= 15 is 0 Å². The summed E-state index contributed by atoms with van der Waals surface area (Å²) in [5.41, 5.74) is 1.03. The quantitative estimate of drug-likeness (QED) is 0.471. The maximum atomic E-state index is 14.3. The summed E-state index contributed by atoms with van der Waals surface area (Å²) in [6.45, 7) is 0. The van der Waals surface area contributed by atoms with E-state index < -0.39 is 17.5 Å². The van der Waals surface area contributed by atoms with E-state index in [0.717, 1.165) is 6.07 Å². The zero-order valence-corrected chi connectivity index (χ0v) is 16.9. The average Bonchev–Trinajstić information content (AvgIpc) is 2.78. The maximum absolute atomic E-state index is 14.3. The monoisotopic (exact) mass is 430 g/mol. The number of fused-ring (bicyclic) bond motifs is 1. The molecule has 0 saturated heterocycles. The molecule has 1 aromatic heterocycles. The van der Waals surface area contributed by atoms with Crippen molar-refractivity contribution >= 4 is 22.4 Å². The molecule has 0 aliphatic carbocycles.